The lowest BCUT2D eigenvalue weighted by Crippen LogP contribution is -2.56. The second-order valence-corrected chi connectivity index (χ2v) is 9.09. The van der Waals surface area contributed by atoms with Gasteiger partial charge in [-0.15, -0.1) is 0 Å². The molecule has 0 unspecified atom stereocenters. The maximum Gasteiger partial charge on any atom is 0.159 e. The number of halogens is 1. The van der Waals surface area contributed by atoms with Gasteiger partial charge in [-0.3, -0.25) is 15.1 Å². The molecule has 9 nitrogen and oxygen atoms in total. The number of benzene rings is 1. The van der Waals surface area contributed by atoms with E-state index in [-0.39, 0.29) is 11.9 Å². The molecule has 1 aromatic carbocycles. The Morgan fingerprint density at radius 2 is 2.00 bits per heavy atom. The van der Waals surface area contributed by atoms with Crippen molar-refractivity contribution < 1.29 is 4.39 Å². The maximum absolute atomic E-state index is 13.8. The summed E-state index contributed by atoms with van der Waals surface area (Å²) in [6.45, 7) is 7.76. The normalized spacial score (nSPS) is 14.9. The predicted octanol–water partition coefficient (Wildman–Crippen LogP) is 2.39. The van der Waals surface area contributed by atoms with Crippen LogP contribution in [0.5, 0.6) is 0 Å². The number of hydrogen-bond acceptors (Lipinski definition) is 7. The van der Waals surface area contributed by atoms with E-state index in [1.165, 1.54) is 12.1 Å². The van der Waals surface area contributed by atoms with Gasteiger partial charge < -0.3 is 15.6 Å². The van der Waals surface area contributed by atoms with Crippen LogP contribution >= 0.6 is 0 Å². The van der Waals surface area contributed by atoms with E-state index in [1.54, 1.807) is 30.9 Å². The number of H-pyrrole nitrogens is 2. The van der Waals surface area contributed by atoms with E-state index in [1.807, 2.05) is 25.1 Å². The van der Waals surface area contributed by atoms with Gasteiger partial charge >= 0.3 is 0 Å². The molecule has 0 amide bonds. The highest BCUT2D eigenvalue weighted by atomic mass is 19.1. The number of nitrogens with one attached hydrogen (secondary N) is 2. The fourth-order valence-corrected chi connectivity index (χ4v) is 4.32. The van der Waals surface area contributed by atoms with Gasteiger partial charge in [0.25, 0.3) is 0 Å². The summed E-state index contributed by atoms with van der Waals surface area (Å²) in [7, 11) is 0. The summed E-state index contributed by atoms with van der Waals surface area (Å²) in [5, 5.41) is 8.92. The highest BCUT2D eigenvalue weighted by molar-refractivity contribution is 5.92. The van der Waals surface area contributed by atoms with Gasteiger partial charge in [-0.1, -0.05) is 24.8 Å². The third-order valence-electron chi connectivity index (χ3n) is 6.41. The standard InChI is InChI=1S/C27H24FN9/c1-15(22-10-31-12-24(32-22)37-13-19(29)14-37)6-7-21-16(2)25(36-35-21)27-33-23-11-30-9-20(26(23)34-27)17-4-3-5-18(28)8-17/h3-12,19,35H,2,13-14,29H2,1H3,(H,33,34)/b15-6+,21-7+. The molecule has 6 rings (SSSR count). The minimum Gasteiger partial charge on any atom is -0.352 e. The molecular formula is C27H24FN9. The Labute approximate surface area is 211 Å². The first kappa shape index (κ1) is 22.7. The van der Waals surface area contributed by atoms with E-state index >= 15 is 0 Å². The summed E-state index contributed by atoms with van der Waals surface area (Å²) in [6, 6.07) is 6.56. The van der Waals surface area contributed by atoms with Crippen LogP contribution in [0.3, 0.4) is 0 Å². The number of nitrogens with two attached hydrogens (primary N) is 1. The zero-order valence-electron chi connectivity index (χ0n) is 20.1. The number of anilines is 1. The van der Waals surface area contributed by atoms with Crippen LogP contribution < -0.4 is 21.2 Å². The number of pyridine rings is 1. The predicted molar refractivity (Wildman–Crippen MR) is 142 cm³/mol. The number of aromatic amines is 2. The van der Waals surface area contributed by atoms with Crippen molar-refractivity contribution in [1.82, 2.24) is 35.1 Å². The van der Waals surface area contributed by atoms with Crippen LogP contribution in [0.2, 0.25) is 0 Å². The number of hydrogen-bond donors (Lipinski definition) is 3. The average Bonchev–Trinajstić information content (AvgIpc) is 3.48. The lowest BCUT2D eigenvalue weighted by atomic mass is 10.1. The molecule has 37 heavy (non-hydrogen) atoms. The van der Waals surface area contributed by atoms with Crippen molar-refractivity contribution in [3.63, 3.8) is 0 Å². The van der Waals surface area contributed by atoms with E-state index in [9.17, 15) is 4.39 Å². The van der Waals surface area contributed by atoms with E-state index in [0.29, 0.717) is 27.8 Å². The number of rotatable bonds is 5. The Balaban J connectivity index is 1.32. The fraction of sp³-hybridized carbons (Fsp3) is 0.148. The van der Waals surface area contributed by atoms with Gasteiger partial charge in [-0.05, 0) is 36.3 Å². The van der Waals surface area contributed by atoms with Crippen LogP contribution in [-0.4, -0.2) is 54.2 Å². The quantitative estimate of drug-likeness (QED) is 0.343. The summed E-state index contributed by atoms with van der Waals surface area (Å²) < 4.78 is 13.8. The third-order valence-corrected chi connectivity index (χ3v) is 6.41. The molecule has 184 valence electrons. The Morgan fingerprint density at radius 3 is 2.81 bits per heavy atom. The Hall–Kier alpha value is -4.70. The minimum absolute atomic E-state index is 0.191. The second-order valence-electron chi connectivity index (χ2n) is 9.09. The SMILES string of the molecule is C=c1c(-c2nc3c(-c4cccc(F)c4)cncc3[nH]2)n[nH]/c1=C/C=C(\C)c1cncc(N2CC(N)C2)n1. The molecule has 1 aliphatic rings. The van der Waals surface area contributed by atoms with Gasteiger partial charge in [0.2, 0.25) is 0 Å². The lowest BCUT2D eigenvalue weighted by Gasteiger charge is -2.37. The third kappa shape index (κ3) is 4.27. The van der Waals surface area contributed by atoms with Crippen molar-refractivity contribution in [3.8, 4) is 22.6 Å². The number of aromatic nitrogens is 7. The first-order chi connectivity index (χ1) is 18.0. The molecule has 0 atom stereocenters. The summed E-state index contributed by atoms with van der Waals surface area (Å²) in [5.74, 6) is 1.06. The molecule has 5 heterocycles. The summed E-state index contributed by atoms with van der Waals surface area (Å²) >= 11 is 0. The van der Waals surface area contributed by atoms with Crippen LogP contribution in [0.25, 0.3) is 51.9 Å². The molecule has 0 spiro atoms. The van der Waals surface area contributed by atoms with E-state index in [0.717, 1.165) is 46.6 Å². The fourth-order valence-electron chi connectivity index (χ4n) is 4.32. The highest BCUT2D eigenvalue weighted by Gasteiger charge is 2.24. The number of imidazole rings is 1. The van der Waals surface area contributed by atoms with Gasteiger partial charge in [-0.25, -0.2) is 14.4 Å². The Bertz CT molecular complexity index is 1760. The summed E-state index contributed by atoms with van der Waals surface area (Å²) in [6.07, 6.45) is 10.7. The minimum atomic E-state index is -0.316. The van der Waals surface area contributed by atoms with Gasteiger partial charge in [0.15, 0.2) is 5.82 Å². The summed E-state index contributed by atoms with van der Waals surface area (Å²) in [5.41, 5.74) is 11.1. The highest BCUT2D eigenvalue weighted by Crippen LogP contribution is 2.28. The lowest BCUT2D eigenvalue weighted by molar-refractivity contribution is 0.513. The smallest absolute Gasteiger partial charge is 0.159 e. The van der Waals surface area contributed by atoms with Crippen LogP contribution in [0.4, 0.5) is 10.2 Å². The van der Waals surface area contributed by atoms with E-state index in [2.05, 4.69) is 36.6 Å². The molecule has 1 aliphatic heterocycles. The molecule has 10 heteroatoms. The van der Waals surface area contributed by atoms with Crippen molar-refractivity contribution in [2.75, 3.05) is 18.0 Å². The Kier molecular flexibility index (Phi) is 5.57. The molecule has 1 saturated heterocycles. The number of fused-ring (bicyclic) bond motifs is 1. The molecule has 0 bridgehead atoms. The molecule has 4 N–H and O–H groups in total. The van der Waals surface area contributed by atoms with E-state index in [4.69, 9.17) is 15.7 Å². The molecule has 0 radical (unpaired) electrons. The zero-order chi connectivity index (χ0) is 25.5. The topological polar surface area (TPSA) is 125 Å². The van der Waals surface area contributed by atoms with E-state index < -0.39 is 0 Å². The van der Waals surface area contributed by atoms with Crippen LogP contribution in [-0.2, 0) is 0 Å². The van der Waals surface area contributed by atoms with Crippen molar-refractivity contribution in [2.24, 2.45) is 5.73 Å². The zero-order valence-corrected chi connectivity index (χ0v) is 20.1. The summed E-state index contributed by atoms with van der Waals surface area (Å²) in [4.78, 5) is 23.5. The van der Waals surface area contributed by atoms with Crippen LogP contribution in [0.15, 0.2) is 55.1 Å². The number of allylic oxidation sites excluding steroid dienone is 2. The van der Waals surface area contributed by atoms with Crippen LogP contribution in [0.1, 0.15) is 12.6 Å². The second kappa shape index (κ2) is 9.07. The first-order valence-corrected chi connectivity index (χ1v) is 11.8. The average molecular weight is 494 g/mol. The molecule has 1 fully saturated rings. The first-order valence-electron chi connectivity index (χ1n) is 11.8. The maximum atomic E-state index is 13.8. The van der Waals surface area contributed by atoms with Crippen LogP contribution in [0, 0.1) is 5.82 Å². The van der Waals surface area contributed by atoms with Gasteiger partial charge in [0.1, 0.15) is 17.3 Å². The molecule has 5 aromatic rings. The Morgan fingerprint density at radius 1 is 1.16 bits per heavy atom. The molecule has 0 saturated carbocycles. The monoisotopic (exact) mass is 493 g/mol. The van der Waals surface area contributed by atoms with Gasteiger partial charge in [-0.2, -0.15) is 5.10 Å². The molecular weight excluding hydrogens is 469 g/mol. The molecule has 0 aliphatic carbocycles. The van der Waals surface area contributed by atoms with Crippen molar-refractivity contribution >= 4 is 35.1 Å². The van der Waals surface area contributed by atoms with Crippen molar-refractivity contribution in [1.29, 1.82) is 0 Å². The van der Waals surface area contributed by atoms with Gasteiger partial charge in [0, 0.05) is 36.1 Å². The van der Waals surface area contributed by atoms with Gasteiger partial charge in [0.05, 0.1) is 40.7 Å². The van der Waals surface area contributed by atoms with Crippen molar-refractivity contribution in [2.45, 2.75) is 13.0 Å². The number of nitrogens with zero attached hydrogens (tertiary/aromatic N) is 6. The molecule has 4 aromatic heterocycles. The largest absolute Gasteiger partial charge is 0.352 e. The van der Waals surface area contributed by atoms with Crippen molar-refractivity contribution in [3.05, 3.63) is 77.2 Å².